The standard InChI is InChI=1S/C17H20N2O2/c1-3-13-7-6-8-14(11-13)18-12-17(20)19-15-9-4-5-10-16(15)21-2/h4-11,18H,3,12H2,1-2H3,(H,19,20). The highest BCUT2D eigenvalue weighted by atomic mass is 16.5. The van der Waals surface area contributed by atoms with Gasteiger partial charge in [0.2, 0.25) is 5.91 Å². The van der Waals surface area contributed by atoms with E-state index in [1.807, 2.05) is 36.4 Å². The molecule has 0 aliphatic heterocycles. The summed E-state index contributed by atoms with van der Waals surface area (Å²) in [5.74, 6) is 0.542. The minimum atomic E-state index is -0.110. The summed E-state index contributed by atoms with van der Waals surface area (Å²) in [7, 11) is 1.58. The van der Waals surface area contributed by atoms with Crippen LogP contribution in [-0.4, -0.2) is 19.6 Å². The molecular formula is C17H20N2O2. The Labute approximate surface area is 125 Å². The van der Waals surface area contributed by atoms with Crippen LogP contribution < -0.4 is 15.4 Å². The summed E-state index contributed by atoms with van der Waals surface area (Å²) in [6.07, 6.45) is 0.975. The van der Waals surface area contributed by atoms with Gasteiger partial charge in [-0.3, -0.25) is 4.79 Å². The second kappa shape index (κ2) is 7.33. The molecule has 0 heterocycles. The Morgan fingerprint density at radius 1 is 1.14 bits per heavy atom. The number of carbonyl (C=O) groups is 1. The van der Waals surface area contributed by atoms with Crippen LogP contribution >= 0.6 is 0 Å². The third kappa shape index (κ3) is 4.24. The van der Waals surface area contributed by atoms with Crippen LogP contribution in [0.5, 0.6) is 5.75 Å². The highest BCUT2D eigenvalue weighted by Crippen LogP contribution is 2.22. The van der Waals surface area contributed by atoms with E-state index in [1.165, 1.54) is 5.56 Å². The maximum atomic E-state index is 12.0. The van der Waals surface area contributed by atoms with Crippen molar-refractivity contribution in [3.8, 4) is 5.75 Å². The maximum absolute atomic E-state index is 12.0. The highest BCUT2D eigenvalue weighted by molar-refractivity contribution is 5.95. The Hall–Kier alpha value is -2.49. The van der Waals surface area contributed by atoms with Crippen molar-refractivity contribution in [2.24, 2.45) is 0 Å². The van der Waals surface area contributed by atoms with Crippen LogP contribution in [-0.2, 0) is 11.2 Å². The number of amides is 1. The van der Waals surface area contributed by atoms with Crippen molar-refractivity contribution >= 4 is 17.3 Å². The molecule has 0 spiro atoms. The van der Waals surface area contributed by atoms with Crippen LogP contribution in [0, 0.1) is 0 Å². The molecule has 2 rings (SSSR count). The molecule has 2 N–H and O–H groups in total. The second-order valence-corrected chi connectivity index (χ2v) is 4.66. The van der Waals surface area contributed by atoms with Crippen molar-refractivity contribution in [3.05, 3.63) is 54.1 Å². The highest BCUT2D eigenvalue weighted by Gasteiger charge is 2.06. The molecule has 0 bridgehead atoms. The summed E-state index contributed by atoms with van der Waals surface area (Å²) in [6.45, 7) is 2.32. The van der Waals surface area contributed by atoms with E-state index >= 15 is 0 Å². The number of para-hydroxylation sites is 2. The van der Waals surface area contributed by atoms with E-state index in [-0.39, 0.29) is 12.5 Å². The summed E-state index contributed by atoms with van der Waals surface area (Å²) in [5, 5.41) is 5.96. The molecule has 1 amide bonds. The van der Waals surface area contributed by atoms with Gasteiger partial charge in [-0.15, -0.1) is 0 Å². The van der Waals surface area contributed by atoms with Crippen LogP contribution in [0.4, 0.5) is 11.4 Å². The number of hydrogen-bond acceptors (Lipinski definition) is 3. The van der Waals surface area contributed by atoms with Crippen LogP contribution in [0.1, 0.15) is 12.5 Å². The first-order chi connectivity index (χ1) is 10.2. The summed E-state index contributed by atoms with van der Waals surface area (Å²) in [5.41, 5.74) is 2.86. The van der Waals surface area contributed by atoms with Gasteiger partial charge < -0.3 is 15.4 Å². The molecule has 0 aromatic heterocycles. The quantitative estimate of drug-likeness (QED) is 0.855. The van der Waals surface area contributed by atoms with Gasteiger partial charge in [-0.05, 0) is 36.2 Å². The normalized spacial score (nSPS) is 10.0. The predicted molar refractivity (Wildman–Crippen MR) is 85.9 cm³/mol. The summed E-state index contributed by atoms with van der Waals surface area (Å²) in [6, 6.07) is 15.4. The Balaban J connectivity index is 1.92. The third-order valence-corrected chi connectivity index (χ3v) is 3.17. The SMILES string of the molecule is CCc1cccc(NCC(=O)Nc2ccccc2OC)c1. The van der Waals surface area contributed by atoms with E-state index in [2.05, 4.69) is 29.7 Å². The molecule has 0 aliphatic carbocycles. The lowest BCUT2D eigenvalue weighted by Gasteiger charge is -2.11. The van der Waals surface area contributed by atoms with Crippen LogP contribution in [0.25, 0.3) is 0 Å². The van der Waals surface area contributed by atoms with E-state index in [0.29, 0.717) is 11.4 Å². The molecule has 0 fully saturated rings. The van der Waals surface area contributed by atoms with Crippen molar-refractivity contribution < 1.29 is 9.53 Å². The fourth-order valence-corrected chi connectivity index (χ4v) is 2.03. The van der Waals surface area contributed by atoms with E-state index in [1.54, 1.807) is 7.11 Å². The molecule has 0 aliphatic rings. The van der Waals surface area contributed by atoms with Crippen molar-refractivity contribution in [1.29, 1.82) is 0 Å². The summed E-state index contributed by atoms with van der Waals surface area (Å²) in [4.78, 5) is 12.0. The molecule has 2 aromatic carbocycles. The lowest BCUT2D eigenvalue weighted by Crippen LogP contribution is -2.22. The zero-order valence-corrected chi connectivity index (χ0v) is 12.3. The number of nitrogens with one attached hydrogen (secondary N) is 2. The lowest BCUT2D eigenvalue weighted by molar-refractivity contribution is -0.114. The number of rotatable bonds is 6. The van der Waals surface area contributed by atoms with Crippen molar-refractivity contribution in [2.75, 3.05) is 24.3 Å². The number of carbonyl (C=O) groups excluding carboxylic acids is 1. The number of aryl methyl sites for hydroxylation is 1. The fourth-order valence-electron chi connectivity index (χ4n) is 2.03. The predicted octanol–water partition coefficient (Wildman–Crippen LogP) is 3.31. The smallest absolute Gasteiger partial charge is 0.243 e. The van der Waals surface area contributed by atoms with Gasteiger partial charge in [0.1, 0.15) is 5.75 Å². The largest absolute Gasteiger partial charge is 0.495 e. The molecule has 0 saturated carbocycles. The van der Waals surface area contributed by atoms with Gasteiger partial charge in [-0.25, -0.2) is 0 Å². The van der Waals surface area contributed by atoms with E-state index < -0.39 is 0 Å². The summed E-state index contributed by atoms with van der Waals surface area (Å²) >= 11 is 0. The van der Waals surface area contributed by atoms with Gasteiger partial charge in [0.15, 0.2) is 0 Å². The average molecular weight is 284 g/mol. The monoisotopic (exact) mass is 284 g/mol. The molecule has 0 radical (unpaired) electrons. The van der Waals surface area contributed by atoms with E-state index in [9.17, 15) is 4.79 Å². The first-order valence-electron chi connectivity index (χ1n) is 6.98. The molecule has 0 atom stereocenters. The van der Waals surface area contributed by atoms with Gasteiger partial charge in [0.25, 0.3) is 0 Å². The van der Waals surface area contributed by atoms with Crippen LogP contribution in [0.3, 0.4) is 0 Å². The first-order valence-corrected chi connectivity index (χ1v) is 6.98. The Morgan fingerprint density at radius 3 is 2.71 bits per heavy atom. The number of anilines is 2. The van der Waals surface area contributed by atoms with Crippen molar-refractivity contribution in [2.45, 2.75) is 13.3 Å². The summed E-state index contributed by atoms with van der Waals surface area (Å²) < 4.78 is 5.20. The zero-order valence-electron chi connectivity index (χ0n) is 12.3. The fraction of sp³-hybridized carbons (Fsp3) is 0.235. The average Bonchev–Trinajstić information content (AvgIpc) is 2.53. The first kappa shape index (κ1) is 14.9. The molecule has 4 heteroatoms. The Morgan fingerprint density at radius 2 is 1.95 bits per heavy atom. The molecular weight excluding hydrogens is 264 g/mol. The minimum Gasteiger partial charge on any atom is -0.495 e. The number of benzene rings is 2. The molecule has 2 aromatic rings. The van der Waals surface area contributed by atoms with Crippen molar-refractivity contribution in [3.63, 3.8) is 0 Å². The van der Waals surface area contributed by atoms with E-state index in [0.717, 1.165) is 12.1 Å². The van der Waals surface area contributed by atoms with Gasteiger partial charge in [0.05, 0.1) is 19.3 Å². The molecule has 0 saturated heterocycles. The molecule has 0 unspecified atom stereocenters. The minimum absolute atomic E-state index is 0.110. The van der Waals surface area contributed by atoms with Crippen molar-refractivity contribution in [1.82, 2.24) is 0 Å². The molecule has 21 heavy (non-hydrogen) atoms. The van der Waals surface area contributed by atoms with Gasteiger partial charge in [0, 0.05) is 5.69 Å². The number of hydrogen-bond donors (Lipinski definition) is 2. The van der Waals surface area contributed by atoms with Crippen LogP contribution in [0.2, 0.25) is 0 Å². The second-order valence-electron chi connectivity index (χ2n) is 4.66. The van der Waals surface area contributed by atoms with Gasteiger partial charge in [-0.2, -0.15) is 0 Å². The van der Waals surface area contributed by atoms with E-state index in [4.69, 9.17) is 4.74 Å². The Bertz CT molecular complexity index is 611. The molecule has 110 valence electrons. The molecule has 4 nitrogen and oxygen atoms in total. The topological polar surface area (TPSA) is 50.4 Å². The zero-order chi connectivity index (χ0) is 15.1. The van der Waals surface area contributed by atoms with Crippen LogP contribution in [0.15, 0.2) is 48.5 Å². The Kier molecular flexibility index (Phi) is 5.21. The van der Waals surface area contributed by atoms with Gasteiger partial charge >= 0.3 is 0 Å². The maximum Gasteiger partial charge on any atom is 0.243 e. The number of methoxy groups -OCH3 is 1. The third-order valence-electron chi connectivity index (χ3n) is 3.17. The van der Waals surface area contributed by atoms with Gasteiger partial charge in [-0.1, -0.05) is 31.2 Å². The number of ether oxygens (including phenoxy) is 1. The lowest BCUT2D eigenvalue weighted by atomic mass is 10.1.